The molecule has 0 fully saturated rings. The van der Waals surface area contributed by atoms with Crippen LogP contribution < -0.4 is 0 Å². The number of carbonyl (C=O) groups excluding carboxylic acids is 1. The molecule has 0 saturated heterocycles. The van der Waals surface area contributed by atoms with Crippen LogP contribution in [0.15, 0.2) is 21.8 Å². The molecule has 1 aliphatic rings. The molecule has 3 heteroatoms. The van der Waals surface area contributed by atoms with Crippen LogP contribution in [0, 0.1) is 5.92 Å². The number of hydrogen-bond acceptors (Lipinski definition) is 1. The first-order valence-electron chi connectivity index (χ1n) is 6.90. The summed E-state index contributed by atoms with van der Waals surface area (Å²) in [5.74, 6) is 1.62. The van der Waals surface area contributed by atoms with Gasteiger partial charge in [0.1, 0.15) is 0 Å². The van der Waals surface area contributed by atoms with E-state index in [2.05, 4.69) is 27.0 Å². The molecule has 0 aliphatic heterocycles. The number of hydrogen-bond donors (Lipinski definition) is 0. The molecule has 0 N–H and O–H groups in total. The molecule has 0 heterocycles. The average Bonchev–Trinajstić information content (AvgIpc) is 2.30. The molecule has 0 spiro atoms. The zero-order valence-corrected chi connectivity index (χ0v) is 15.4. The number of carbonyl (C=O) groups is 1. The number of ketones is 1. The van der Waals surface area contributed by atoms with Crippen molar-refractivity contribution >= 4 is 35.8 Å². The standard InChI is InChI=1S/C12H16ClO.3CH3.Sn/c13-10-4-2-1-3-5-11-6-8-12(14)9-7-11;;;;/h3,6,8,11H,2,4-5,7,9-10H2;3*1H3;. The van der Waals surface area contributed by atoms with Crippen molar-refractivity contribution in [2.24, 2.45) is 5.92 Å². The minimum absolute atomic E-state index is 0.285. The number of allylic oxidation sites excluding steroid dienone is 4. The third-order valence-electron chi connectivity index (χ3n) is 3.53. The Morgan fingerprint density at radius 3 is 2.72 bits per heavy atom. The van der Waals surface area contributed by atoms with E-state index in [1.54, 1.807) is 9.67 Å². The fourth-order valence-corrected chi connectivity index (χ4v) is 7.14. The van der Waals surface area contributed by atoms with Crippen molar-refractivity contribution in [1.82, 2.24) is 0 Å². The van der Waals surface area contributed by atoms with Gasteiger partial charge in [0.25, 0.3) is 0 Å². The number of halogens is 1. The van der Waals surface area contributed by atoms with Crippen LogP contribution in [0.3, 0.4) is 0 Å². The molecule has 18 heavy (non-hydrogen) atoms. The van der Waals surface area contributed by atoms with Gasteiger partial charge in [0.15, 0.2) is 0 Å². The van der Waals surface area contributed by atoms with Gasteiger partial charge in [-0.1, -0.05) is 0 Å². The SMILES string of the molecule is [CH3][Sn]([CH3])([CH3])/[C](=C\CC1C=CC(=O)CC1)CCCCl. The van der Waals surface area contributed by atoms with E-state index in [0.717, 1.165) is 31.6 Å². The molecule has 1 rings (SSSR count). The molecule has 0 aromatic rings. The summed E-state index contributed by atoms with van der Waals surface area (Å²) in [5, 5.41) is 0. The first-order chi connectivity index (χ1) is 8.43. The second-order valence-corrected chi connectivity index (χ2v) is 21.2. The third-order valence-corrected chi connectivity index (χ3v) is 10.6. The van der Waals surface area contributed by atoms with Crippen LogP contribution in [0.25, 0.3) is 0 Å². The Balaban J connectivity index is 2.59. The molecule has 0 aromatic carbocycles. The Bertz CT molecular complexity index is 339. The van der Waals surface area contributed by atoms with Crippen LogP contribution >= 0.6 is 11.6 Å². The summed E-state index contributed by atoms with van der Waals surface area (Å²) in [5.41, 5.74) is 0. The summed E-state index contributed by atoms with van der Waals surface area (Å²) in [7, 11) is 0. The first-order valence-corrected chi connectivity index (χ1v) is 17.4. The van der Waals surface area contributed by atoms with Gasteiger partial charge in [0, 0.05) is 0 Å². The summed E-state index contributed by atoms with van der Waals surface area (Å²) < 4.78 is 1.70. The van der Waals surface area contributed by atoms with Crippen molar-refractivity contribution in [2.45, 2.75) is 46.9 Å². The van der Waals surface area contributed by atoms with E-state index in [1.807, 2.05) is 0 Å². The molecule has 1 atom stereocenters. The Hall–Kier alpha value is 0.239. The van der Waals surface area contributed by atoms with E-state index in [0.29, 0.717) is 5.92 Å². The fourth-order valence-electron chi connectivity index (χ4n) is 2.28. The Morgan fingerprint density at radius 2 is 2.22 bits per heavy atom. The van der Waals surface area contributed by atoms with Crippen LogP contribution in [0.2, 0.25) is 14.8 Å². The Kier molecular flexibility index (Phi) is 7.00. The summed E-state index contributed by atoms with van der Waals surface area (Å²) >= 11 is 3.86. The summed E-state index contributed by atoms with van der Waals surface area (Å²) in [6, 6.07) is 0. The van der Waals surface area contributed by atoms with Crippen LogP contribution in [-0.4, -0.2) is 30.0 Å². The van der Waals surface area contributed by atoms with Gasteiger partial charge >= 0.3 is 121 Å². The summed E-state index contributed by atoms with van der Waals surface area (Å²) in [6.07, 6.45) is 11.5. The zero-order valence-electron chi connectivity index (χ0n) is 11.8. The van der Waals surface area contributed by atoms with Gasteiger partial charge in [-0.3, -0.25) is 0 Å². The maximum atomic E-state index is 11.1. The predicted molar refractivity (Wildman–Crippen MR) is 82.9 cm³/mol. The van der Waals surface area contributed by atoms with E-state index < -0.39 is 18.4 Å². The van der Waals surface area contributed by atoms with E-state index in [1.165, 1.54) is 6.42 Å². The molecular formula is C15H25ClOSn. The topological polar surface area (TPSA) is 17.1 Å². The quantitative estimate of drug-likeness (QED) is 0.484. The van der Waals surface area contributed by atoms with Gasteiger partial charge in [0.2, 0.25) is 0 Å². The van der Waals surface area contributed by atoms with Crippen molar-refractivity contribution in [1.29, 1.82) is 0 Å². The van der Waals surface area contributed by atoms with Gasteiger partial charge in [0.05, 0.1) is 0 Å². The van der Waals surface area contributed by atoms with Gasteiger partial charge < -0.3 is 0 Å². The van der Waals surface area contributed by atoms with Gasteiger partial charge in [-0.15, -0.1) is 0 Å². The minimum atomic E-state index is -1.94. The second kappa shape index (κ2) is 7.74. The molecule has 1 nitrogen and oxygen atoms in total. The van der Waals surface area contributed by atoms with Gasteiger partial charge in [-0.2, -0.15) is 0 Å². The Labute approximate surface area is 121 Å². The molecular weight excluding hydrogens is 350 g/mol. The van der Waals surface area contributed by atoms with E-state index in [4.69, 9.17) is 11.6 Å². The normalized spacial score (nSPS) is 21.4. The molecule has 0 amide bonds. The molecule has 0 radical (unpaired) electrons. The zero-order chi connectivity index (χ0) is 13.6. The van der Waals surface area contributed by atoms with Gasteiger partial charge in [-0.05, 0) is 0 Å². The van der Waals surface area contributed by atoms with E-state index >= 15 is 0 Å². The predicted octanol–water partition coefficient (Wildman–Crippen LogP) is 4.73. The molecule has 0 saturated carbocycles. The molecule has 1 unspecified atom stereocenters. The third kappa shape index (κ3) is 5.92. The molecule has 102 valence electrons. The monoisotopic (exact) mass is 376 g/mol. The Morgan fingerprint density at radius 1 is 1.50 bits per heavy atom. The van der Waals surface area contributed by atoms with Crippen molar-refractivity contribution < 1.29 is 4.79 Å². The summed E-state index contributed by atoms with van der Waals surface area (Å²) in [4.78, 5) is 18.5. The van der Waals surface area contributed by atoms with Crippen LogP contribution in [0.4, 0.5) is 0 Å². The number of alkyl halides is 1. The molecule has 0 aromatic heterocycles. The second-order valence-electron chi connectivity index (χ2n) is 6.13. The van der Waals surface area contributed by atoms with E-state index in [9.17, 15) is 4.79 Å². The van der Waals surface area contributed by atoms with Crippen molar-refractivity contribution in [3.63, 3.8) is 0 Å². The van der Waals surface area contributed by atoms with Crippen molar-refractivity contribution in [2.75, 3.05) is 5.88 Å². The van der Waals surface area contributed by atoms with Crippen LogP contribution in [-0.2, 0) is 4.79 Å². The summed E-state index contributed by atoms with van der Waals surface area (Å²) in [6.45, 7) is 0. The fraction of sp³-hybridized carbons (Fsp3) is 0.667. The molecule has 0 bridgehead atoms. The maximum absolute atomic E-state index is 11.1. The average molecular weight is 376 g/mol. The van der Waals surface area contributed by atoms with Crippen molar-refractivity contribution in [3.05, 3.63) is 21.8 Å². The van der Waals surface area contributed by atoms with Gasteiger partial charge in [-0.25, -0.2) is 0 Å². The van der Waals surface area contributed by atoms with Crippen molar-refractivity contribution in [3.8, 4) is 0 Å². The van der Waals surface area contributed by atoms with Crippen LogP contribution in [0.5, 0.6) is 0 Å². The number of rotatable bonds is 6. The van der Waals surface area contributed by atoms with Crippen LogP contribution in [0.1, 0.15) is 32.1 Å². The molecule has 1 aliphatic carbocycles. The first kappa shape index (κ1) is 16.3. The van der Waals surface area contributed by atoms with E-state index in [-0.39, 0.29) is 5.78 Å².